The van der Waals surface area contributed by atoms with Gasteiger partial charge in [0.2, 0.25) is 0 Å². The number of carbonyl (C=O) groups excluding carboxylic acids is 2. The van der Waals surface area contributed by atoms with E-state index in [2.05, 4.69) is 20.6 Å². The number of allylic oxidation sites excluding steroid dienone is 1. The second kappa shape index (κ2) is 12.1. The van der Waals surface area contributed by atoms with Gasteiger partial charge < -0.3 is 15.5 Å². The van der Waals surface area contributed by atoms with Crippen LogP contribution in [0.3, 0.4) is 0 Å². The van der Waals surface area contributed by atoms with Gasteiger partial charge in [0.1, 0.15) is 11.5 Å². The molecule has 7 nitrogen and oxygen atoms in total. The zero-order valence-electron chi connectivity index (χ0n) is 24.5. The Balaban J connectivity index is 2.70. The molecule has 0 radical (unpaired) electrons. The quantitative estimate of drug-likeness (QED) is 0.214. The van der Waals surface area contributed by atoms with Crippen LogP contribution >= 0.6 is 11.3 Å². The van der Waals surface area contributed by atoms with Crippen LogP contribution in [0.25, 0.3) is 5.57 Å². The standard InChI is InChI=1S/C27H40F5N5O2S/c1-10-18(36-25(7,8)9)33-12-17(16(3)27(30,31)32)20-19(23(39)37-14-26(28,29)11-15(37)2)35-22(40-20)21(38)34-13-24(4,5)6/h12,15-16H,10-11,13-14H2,1-9H3,(H,33,36)(H,34,38)/b17-12+/t15-,16?/m0/s1. The van der Waals surface area contributed by atoms with Crippen LogP contribution in [0.5, 0.6) is 0 Å². The lowest BCUT2D eigenvalue weighted by atomic mass is 9.97. The molecule has 1 aliphatic heterocycles. The van der Waals surface area contributed by atoms with Gasteiger partial charge in [-0.3, -0.25) is 14.6 Å². The number of carbonyl (C=O) groups is 2. The average Bonchev–Trinajstić information content (AvgIpc) is 3.34. The summed E-state index contributed by atoms with van der Waals surface area (Å²) in [6, 6.07) is -0.869. The maximum atomic E-state index is 14.1. The van der Waals surface area contributed by atoms with Gasteiger partial charge in [-0.2, -0.15) is 13.2 Å². The molecular formula is C27H40F5N5O2S. The Bertz CT molecular complexity index is 1150. The van der Waals surface area contributed by atoms with E-state index >= 15 is 0 Å². The Morgan fingerprint density at radius 3 is 2.25 bits per heavy atom. The van der Waals surface area contributed by atoms with E-state index in [-0.39, 0.29) is 27.4 Å². The molecule has 2 N–H and O–H groups in total. The molecule has 2 amide bonds. The van der Waals surface area contributed by atoms with Gasteiger partial charge >= 0.3 is 6.18 Å². The lowest BCUT2D eigenvalue weighted by Gasteiger charge is -2.23. The van der Waals surface area contributed by atoms with Crippen LogP contribution in [-0.4, -0.2) is 64.3 Å². The zero-order chi connectivity index (χ0) is 30.8. The third kappa shape index (κ3) is 9.24. The predicted octanol–water partition coefficient (Wildman–Crippen LogP) is 6.52. The van der Waals surface area contributed by atoms with E-state index < -0.39 is 60.1 Å². The first-order valence-electron chi connectivity index (χ1n) is 13.1. The van der Waals surface area contributed by atoms with Crippen LogP contribution in [0.4, 0.5) is 22.0 Å². The number of halogens is 5. The van der Waals surface area contributed by atoms with Gasteiger partial charge in [0, 0.05) is 31.6 Å². The van der Waals surface area contributed by atoms with Crippen LogP contribution in [0.2, 0.25) is 0 Å². The summed E-state index contributed by atoms with van der Waals surface area (Å²) in [5.74, 6) is -6.44. The molecule has 2 atom stereocenters. The molecule has 1 aromatic heterocycles. The van der Waals surface area contributed by atoms with Gasteiger partial charge in [-0.1, -0.05) is 27.7 Å². The maximum absolute atomic E-state index is 14.1. The summed E-state index contributed by atoms with van der Waals surface area (Å²) in [5.41, 5.74) is -1.63. The summed E-state index contributed by atoms with van der Waals surface area (Å²) in [4.78, 5) is 35.8. The molecule has 0 aromatic carbocycles. The monoisotopic (exact) mass is 593 g/mol. The average molecular weight is 594 g/mol. The van der Waals surface area contributed by atoms with Crippen molar-refractivity contribution in [3.63, 3.8) is 0 Å². The van der Waals surface area contributed by atoms with Gasteiger partial charge in [0.05, 0.1) is 22.9 Å². The van der Waals surface area contributed by atoms with Crippen LogP contribution in [0.1, 0.15) is 100 Å². The fraction of sp³-hybridized carbons (Fsp3) is 0.704. The topological polar surface area (TPSA) is 86.7 Å². The van der Waals surface area contributed by atoms with Gasteiger partial charge in [-0.05, 0) is 45.6 Å². The number of likely N-dealkylation sites (tertiary alicyclic amines) is 1. The van der Waals surface area contributed by atoms with Gasteiger partial charge in [-0.25, -0.2) is 13.8 Å². The number of aromatic nitrogens is 1. The highest BCUT2D eigenvalue weighted by molar-refractivity contribution is 7.15. The van der Waals surface area contributed by atoms with E-state index in [4.69, 9.17) is 0 Å². The Kier molecular flexibility index (Phi) is 10.2. The molecule has 2 rings (SSSR count). The molecule has 13 heteroatoms. The number of alkyl halides is 5. The molecule has 1 unspecified atom stereocenters. The molecular weight excluding hydrogens is 553 g/mol. The number of aliphatic imine (C=N–C) groups is 1. The second-order valence-electron chi connectivity index (χ2n) is 12.4. The van der Waals surface area contributed by atoms with Crippen molar-refractivity contribution < 1.29 is 31.5 Å². The van der Waals surface area contributed by atoms with Crippen LogP contribution in [-0.2, 0) is 0 Å². The second-order valence-corrected chi connectivity index (χ2v) is 13.4. The molecule has 226 valence electrons. The smallest absolute Gasteiger partial charge is 0.350 e. The lowest BCUT2D eigenvalue weighted by molar-refractivity contribution is -0.153. The normalized spacial score (nSPS) is 19.6. The van der Waals surface area contributed by atoms with Crippen LogP contribution < -0.4 is 10.6 Å². The SMILES string of the molecule is CCC(=NC(C)(C)C)N/C=C(/c1sc(C(=O)NCC(C)(C)C)nc1C(=O)N1CC(F)(F)C[C@@H]1C)C(C)C(F)(F)F. The number of amides is 2. The molecule has 0 spiro atoms. The lowest BCUT2D eigenvalue weighted by Crippen LogP contribution is -2.36. The first-order chi connectivity index (χ1) is 18.0. The summed E-state index contributed by atoms with van der Waals surface area (Å²) < 4.78 is 70.5. The third-order valence-corrected chi connectivity index (χ3v) is 7.11. The van der Waals surface area contributed by atoms with E-state index in [1.54, 1.807) is 6.92 Å². The van der Waals surface area contributed by atoms with E-state index in [1.165, 1.54) is 6.92 Å². The number of nitrogens with one attached hydrogen (secondary N) is 2. The molecule has 40 heavy (non-hydrogen) atoms. The maximum Gasteiger partial charge on any atom is 0.395 e. The number of rotatable bonds is 7. The van der Waals surface area contributed by atoms with Crippen molar-refractivity contribution in [1.82, 2.24) is 20.5 Å². The molecule has 1 aliphatic rings. The van der Waals surface area contributed by atoms with Crippen molar-refractivity contribution >= 4 is 34.6 Å². The highest BCUT2D eigenvalue weighted by Gasteiger charge is 2.47. The molecule has 0 aliphatic carbocycles. The van der Waals surface area contributed by atoms with Crippen LogP contribution in [0, 0.1) is 11.3 Å². The summed E-state index contributed by atoms with van der Waals surface area (Å²) in [6.07, 6.45) is -3.79. The number of hydrogen-bond acceptors (Lipinski definition) is 5. The number of thiazole rings is 1. The van der Waals surface area contributed by atoms with Crippen LogP contribution in [0.15, 0.2) is 11.2 Å². The Morgan fingerprint density at radius 2 is 1.80 bits per heavy atom. The molecule has 0 saturated carbocycles. The molecule has 1 saturated heterocycles. The minimum absolute atomic E-state index is 0.211. The summed E-state index contributed by atoms with van der Waals surface area (Å²) in [5, 5.41) is 5.29. The number of nitrogens with zero attached hydrogens (tertiary/aromatic N) is 3. The number of hydrogen-bond donors (Lipinski definition) is 2. The minimum Gasteiger partial charge on any atom is -0.350 e. The van der Waals surface area contributed by atoms with Crippen molar-refractivity contribution in [1.29, 1.82) is 0 Å². The van der Waals surface area contributed by atoms with Gasteiger partial charge in [-0.15, -0.1) is 11.3 Å². The third-order valence-electron chi connectivity index (χ3n) is 6.01. The Morgan fingerprint density at radius 1 is 1.20 bits per heavy atom. The first kappa shape index (κ1) is 33.6. The Hall–Kier alpha value is -2.57. The van der Waals surface area contributed by atoms with Gasteiger partial charge in [0.25, 0.3) is 17.7 Å². The van der Waals surface area contributed by atoms with E-state index in [0.717, 1.165) is 18.0 Å². The van der Waals surface area contributed by atoms with E-state index in [1.807, 2.05) is 41.5 Å². The largest absolute Gasteiger partial charge is 0.395 e. The fourth-order valence-electron chi connectivity index (χ4n) is 3.94. The van der Waals surface area contributed by atoms with Gasteiger partial charge in [0.15, 0.2) is 5.01 Å². The number of amidine groups is 1. The molecule has 1 aromatic rings. The molecule has 1 fully saturated rings. The summed E-state index contributed by atoms with van der Waals surface area (Å²) >= 11 is 0.625. The summed E-state index contributed by atoms with van der Waals surface area (Å²) in [7, 11) is 0. The van der Waals surface area contributed by atoms with Crippen molar-refractivity contribution in [3.05, 3.63) is 21.8 Å². The zero-order valence-corrected chi connectivity index (χ0v) is 25.3. The molecule has 2 heterocycles. The highest BCUT2D eigenvalue weighted by Crippen LogP contribution is 2.41. The fourth-order valence-corrected chi connectivity index (χ4v) is 5.02. The van der Waals surface area contributed by atoms with E-state index in [0.29, 0.717) is 23.6 Å². The van der Waals surface area contributed by atoms with Crippen molar-refractivity contribution in [3.8, 4) is 0 Å². The van der Waals surface area contributed by atoms with Crippen molar-refractivity contribution in [2.75, 3.05) is 13.1 Å². The first-order valence-corrected chi connectivity index (χ1v) is 14.0. The van der Waals surface area contributed by atoms with Crippen molar-refractivity contribution in [2.24, 2.45) is 16.3 Å². The molecule has 0 bridgehead atoms. The summed E-state index contributed by atoms with van der Waals surface area (Å²) in [6.45, 7) is 14.7. The predicted molar refractivity (Wildman–Crippen MR) is 148 cm³/mol. The van der Waals surface area contributed by atoms with E-state index in [9.17, 15) is 31.5 Å². The van der Waals surface area contributed by atoms with Crippen molar-refractivity contribution in [2.45, 2.75) is 98.8 Å². The highest BCUT2D eigenvalue weighted by atomic mass is 32.1. The Labute approximate surface area is 236 Å². The minimum atomic E-state index is -4.71.